The van der Waals surface area contributed by atoms with Crippen molar-refractivity contribution < 1.29 is 18.7 Å². The number of amides is 1. The molecule has 0 saturated heterocycles. The van der Waals surface area contributed by atoms with E-state index in [2.05, 4.69) is 25.6 Å². The molecule has 1 aromatic carbocycles. The summed E-state index contributed by atoms with van der Waals surface area (Å²) >= 11 is 0. The Morgan fingerprint density at radius 3 is 2.74 bits per heavy atom. The number of halogens is 1. The van der Waals surface area contributed by atoms with Gasteiger partial charge in [0.2, 0.25) is 11.8 Å². The highest BCUT2D eigenvalue weighted by molar-refractivity contribution is 5.96. The number of aromatic nitrogens is 5. The molecule has 0 bridgehead atoms. The fourth-order valence-corrected chi connectivity index (χ4v) is 2.86. The van der Waals surface area contributed by atoms with Gasteiger partial charge in [-0.15, -0.1) is 15.3 Å². The fourth-order valence-electron chi connectivity index (χ4n) is 2.86. The van der Waals surface area contributed by atoms with Gasteiger partial charge in [-0.2, -0.15) is 4.52 Å². The van der Waals surface area contributed by atoms with Gasteiger partial charge >= 0.3 is 0 Å². The van der Waals surface area contributed by atoms with Crippen LogP contribution in [0.5, 0.6) is 11.8 Å². The Morgan fingerprint density at radius 1 is 1.10 bits per heavy atom. The highest BCUT2D eigenvalue weighted by atomic mass is 19.1. The Hall–Kier alpha value is -4.08. The van der Waals surface area contributed by atoms with Gasteiger partial charge in [-0.25, -0.2) is 9.37 Å². The number of benzene rings is 1. The van der Waals surface area contributed by atoms with Gasteiger partial charge in [0.25, 0.3) is 5.91 Å². The number of rotatable bonds is 8. The zero-order valence-electron chi connectivity index (χ0n) is 16.7. The molecule has 0 aliphatic rings. The van der Waals surface area contributed by atoms with Crippen molar-refractivity contribution in [2.75, 3.05) is 19.8 Å². The Morgan fingerprint density at radius 2 is 1.94 bits per heavy atom. The van der Waals surface area contributed by atoms with E-state index in [1.54, 1.807) is 42.6 Å². The Bertz CT molecular complexity index is 1200. The van der Waals surface area contributed by atoms with E-state index in [1.165, 1.54) is 16.6 Å². The molecule has 3 aromatic heterocycles. The SMILES string of the molecule is CCOc1ncccc1C(=O)NCCOc1ccc2nnc(-c3ccc(F)cc3)n2n1. The molecule has 1 N–H and O–H groups in total. The summed E-state index contributed by atoms with van der Waals surface area (Å²) in [4.78, 5) is 16.4. The maximum atomic E-state index is 13.2. The average Bonchev–Trinajstić information content (AvgIpc) is 3.21. The third-order valence-corrected chi connectivity index (χ3v) is 4.28. The summed E-state index contributed by atoms with van der Waals surface area (Å²) in [5.41, 5.74) is 1.56. The molecule has 0 aliphatic heterocycles. The highest BCUT2D eigenvalue weighted by Crippen LogP contribution is 2.19. The smallest absolute Gasteiger partial charge is 0.256 e. The second kappa shape index (κ2) is 9.16. The fraction of sp³-hybridized carbons (Fsp3) is 0.190. The molecule has 1 amide bonds. The van der Waals surface area contributed by atoms with Crippen molar-refractivity contribution in [3.63, 3.8) is 0 Å². The van der Waals surface area contributed by atoms with Crippen LogP contribution in [0.3, 0.4) is 0 Å². The summed E-state index contributed by atoms with van der Waals surface area (Å²) in [6.07, 6.45) is 1.57. The predicted octanol–water partition coefficient (Wildman–Crippen LogP) is 2.53. The number of pyridine rings is 1. The van der Waals surface area contributed by atoms with Crippen LogP contribution in [0.1, 0.15) is 17.3 Å². The largest absolute Gasteiger partial charge is 0.477 e. The molecular weight excluding hydrogens is 403 g/mol. The normalized spacial score (nSPS) is 10.8. The van der Waals surface area contributed by atoms with E-state index in [9.17, 15) is 9.18 Å². The van der Waals surface area contributed by atoms with Gasteiger partial charge in [0, 0.05) is 17.8 Å². The summed E-state index contributed by atoms with van der Waals surface area (Å²) in [7, 11) is 0. The first-order chi connectivity index (χ1) is 15.2. The molecular formula is C21H19FN6O3. The number of nitrogens with one attached hydrogen (secondary N) is 1. The minimum Gasteiger partial charge on any atom is -0.477 e. The van der Waals surface area contributed by atoms with E-state index < -0.39 is 0 Å². The molecule has 0 spiro atoms. The first-order valence-corrected chi connectivity index (χ1v) is 9.63. The lowest BCUT2D eigenvalue weighted by Gasteiger charge is -2.10. The van der Waals surface area contributed by atoms with Crippen LogP contribution in [0.2, 0.25) is 0 Å². The van der Waals surface area contributed by atoms with Gasteiger partial charge in [0.05, 0.1) is 13.2 Å². The summed E-state index contributed by atoms with van der Waals surface area (Å²) in [5.74, 6) is 0.448. The number of carbonyl (C=O) groups is 1. The van der Waals surface area contributed by atoms with Crippen molar-refractivity contribution in [2.45, 2.75) is 6.92 Å². The van der Waals surface area contributed by atoms with Crippen LogP contribution in [0, 0.1) is 5.82 Å². The molecule has 4 aromatic rings. The topological polar surface area (TPSA) is 104 Å². The molecule has 0 saturated carbocycles. The number of fused-ring (bicyclic) bond motifs is 1. The zero-order valence-corrected chi connectivity index (χ0v) is 16.7. The van der Waals surface area contributed by atoms with Crippen LogP contribution in [0.25, 0.3) is 17.0 Å². The summed E-state index contributed by atoms with van der Waals surface area (Å²) in [6.45, 7) is 2.69. The Kier molecular flexibility index (Phi) is 5.97. The third kappa shape index (κ3) is 4.58. The van der Waals surface area contributed by atoms with Crippen LogP contribution < -0.4 is 14.8 Å². The quantitative estimate of drug-likeness (QED) is 0.435. The van der Waals surface area contributed by atoms with E-state index in [-0.39, 0.29) is 30.8 Å². The molecule has 0 aliphatic carbocycles. The molecule has 10 heteroatoms. The van der Waals surface area contributed by atoms with Gasteiger partial charge in [0.15, 0.2) is 11.5 Å². The average molecular weight is 422 g/mol. The Balaban J connectivity index is 1.39. The van der Waals surface area contributed by atoms with E-state index in [1.807, 2.05) is 6.92 Å². The van der Waals surface area contributed by atoms with E-state index in [4.69, 9.17) is 9.47 Å². The minimum atomic E-state index is -0.337. The van der Waals surface area contributed by atoms with Gasteiger partial charge in [-0.1, -0.05) is 0 Å². The van der Waals surface area contributed by atoms with E-state index >= 15 is 0 Å². The summed E-state index contributed by atoms with van der Waals surface area (Å²) < 4.78 is 25.7. The molecule has 4 rings (SSSR count). The highest BCUT2D eigenvalue weighted by Gasteiger charge is 2.13. The number of hydrogen-bond donors (Lipinski definition) is 1. The molecule has 31 heavy (non-hydrogen) atoms. The first-order valence-electron chi connectivity index (χ1n) is 9.63. The first kappa shape index (κ1) is 20.2. The van der Waals surface area contributed by atoms with Gasteiger partial charge < -0.3 is 14.8 Å². The van der Waals surface area contributed by atoms with Crippen LogP contribution in [-0.4, -0.2) is 50.5 Å². The van der Waals surface area contributed by atoms with Gasteiger partial charge in [0.1, 0.15) is 18.0 Å². The van der Waals surface area contributed by atoms with Gasteiger partial charge in [-0.05, 0) is 49.4 Å². The van der Waals surface area contributed by atoms with Crippen molar-refractivity contribution in [2.24, 2.45) is 0 Å². The molecule has 9 nitrogen and oxygen atoms in total. The van der Waals surface area contributed by atoms with Crippen LogP contribution in [0.15, 0.2) is 54.7 Å². The van der Waals surface area contributed by atoms with Crippen LogP contribution >= 0.6 is 0 Å². The van der Waals surface area contributed by atoms with Crippen molar-refractivity contribution in [3.05, 3.63) is 66.1 Å². The summed E-state index contributed by atoms with van der Waals surface area (Å²) in [6, 6.07) is 12.6. The maximum absolute atomic E-state index is 13.2. The molecule has 158 valence electrons. The lowest BCUT2D eigenvalue weighted by Crippen LogP contribution is -2.28. The van der Waals surface area contributed by atoms with Crippen molar-refractivity contribution in [1.82, 2.24) is 30.1 Å². The number of hydrogen-bond acceptors (Lipinski definition) is 7. The van der Waals surface area contributed by atoms with E-state index in [0.717, 1.165) is 0 Å². The molecule has 0 fully saturated rings. The molecule has 3 heterocycles. The Labute approximate surface area is 176 Å². The monoisotopic (exact) mass is 422 g/mol. The van der Waals surface area contributed by atoms with Crippen LogP contribution in [-0.2, 0) is 0 Å². The minimum absolute atomic E-state index is 0.197. The number of carbonyl (C=O) groups excluding carboxylic acids is 1. The molecule has 0 atom stereocenters. The molecule has 0 unspecified atom stereocenters. The van der Waals surface area contributed by atoms with Gasteiger partial charge in [-0.3, -0.25) is 4.79 Å². The van der Waals surface area contributed by atoms with Crippen molar-refractivity contribution in [1.29, 1.82) is 0 Å². The lowest BCUT2D eigenvalue weighted by atomic mass is 10.2. The lowest BCUT2D eigenvalue weighted by molar-refractivity contribution is 0.0941. The summed E-state index contributed by atoms with van der Waals surface area (Å²) in [5, 5.41) is 15.3. The maximum Gasteiger partial charge on any atom is 0.256 e. The second-order valence-corrected chi connectivity index (χ2v) is 6.37. The second-order valence-electron chi connectivity index (χ2n) is 6.37. The number of ether oxygens (including phenoxy) is 2. The standard InChI is InChI=1S/C21H19FN6O3/c1-2-30-21-16(4-3-11-24-21)20(29)23-12-13-31-18-10-9-17-25-26-19(28(17)27-18)14-5-7-15(22)8-6-14/h3-11H,2,12-13H2,1H3,(H,23,29). The predicted molar refractivity (Wildman–Crippen MR) is 109 cm³/mol. The third-order valence-electron chi connectivity index (χ3n) is 4.28. The van der Waals surface area contributed by atoms with E-state index in [0.29, 0.717) is 35.1 Å². The van der Waals surface area contributed by atoms with Crippen LogP contribution in [0.4, 0.5) is 4.39 Å². The zero-order chi connectivity index (χ0) is 21.6. The number of nitrogens with zero attached hydrogens (tertiary/aromatic N) is 5. The van der Waals surface area contributed by atoms with Crippen molar-refractivity contribution >= 4 is 11.6 Å². The van der Waals surface area contributed by atoms with Crippen molar-refractivity contribution in [3.8, 4) is 23.1 Å². The molecule has 0 radical (unpaired) electrons.